The van der Waals surface area contributed by atoms with Gasteiger partial charge in [0, 0.05) is 32.4 Å². The molecule has 2 rings (SSSR count). The fraction of sp³-hybridized carbons (Fsp3) is 0.647. The normalized spacial score (nSPS) is 20.6. The van der Waals surface area contributed by atoms with Crippen molar-refractivity contribution in [1.29, 1.82) is 0 Å². The Morgan fingerprint density at radius 3 is 2.96 bits per heavy atom. The van der Waals surface area contributed by atoms with Crippen molar-refractivity contribution in [1.82, 2.24) is 9.88 Å². The molecule has 2 heterocycles. The van der Waals surface area contributed by atoms with Crippen LogP contribution in [-0.2, 0) is 9.47 Å². The average molecular weight is 321 g/mol. The van der Waals surface area contributed by atoms with Gasteiger partial charge < -0.3 is 19.7 Å². The lowest BCUT2D eigenvalue weighted by molar-refractivity contribution is -0.143. The molecule has 0 unspecified atom stereocenters. The van der Waals surface area contributed by atoms with Gasteiger partial charge in [-0.05, 0) is 39.8 Å². The van der Waals surface area contributed by atoms with E-state index in [1.54, 1.807) is 19.4 Å². The van der Waals surface area contributed by atoms with E-state index in [9.17, 15) is 4.79 Å². The summed E-state index contributed by atoms with van der Waals surface area (Å²) < 4.78 is 11.2. The van der Waals surface area contributed by atoms with Crippen LogP contribution < -0.4 is 5.32 Å². The Morgan fingerprint density at radius 1 is 1.57 bits per heavy atom. The molecule has 0 aromatic carbocycles. The van der Waals surface area contributed by atoms with Gasteiger partial charge in [-0.2, -0.15) is 0 Å². The summed E-state index contributed by atoms with van der Waals surface area (Å²) in [5.41, 5.74) is 0.195. The van der Waals surface area contributed by atoms with Crippen LogP contribution >= 0.6 is 0 Å². The van der Waals surface area contributed by atoms with Crippen LogP contribution in [-0.4, -0.2) is 60.3 Å². The quantitative estimate of drug-likeness (QED) is 0.900. The molecule has 1 amide bonds. The van der Waals surface area contributed by atoms with E-state index in [2.05, 4.69) is 10.3 Å². The number of nitrogens with zero attached hydrogens (tertiary/aromatic N) is 2. The van der Waals surface area contributed by atoms with Gasteiger partial charge in [0.2, 0.25) is 0 Å². The third kappa shape index (κ3) is 4.65. The van der Waals surface area contributed by atoms with Gasteiger partial charge in [-0.15, -0.1) is 0 Å². The number of carbonyl (C=O) groups is 1. The van der Waals surface area contributed by atoms with E-state index in [0.717, 1.165) is 0 Å². The molecular formula is C17H27N3O3. The number of hydrogen-bond donors (Lipinski definition) is 1. The Hall–Kier alpha value is -1.66. The zero-order chi connectivity index (χ0) is 17.0. The number of amides is 1. The second kappa shape index (κ2) is 7.27. The zero-order valence-electron chi connectivity index (χ0n) is 14.6. The minimum atomic E-state index is -0.398. The van der Waals surface area contributed by atoms with Gasteiger partial charge in [0.25, 0.3) is 5.91 Å². The maximum Gasteiger partial charge on any atom is 0.257 e. The highest BCUT2D eigenvalue weighted by molar-refractivity contribution is 5.98. The standard InChI is InChI=1S/C17H27N3O3/c1-12(2)19-15-14(7-6-8-18-15)16(21)20-9-13(10-22-5)23-17(3,4)11-20/h6-8,12-13H,9-11H2,1-5H3,(H,18,19)/t13-/m1/s1. The van der Waals surface area contributed by atoms with Crippen molar-refractivity contribution in [2.24, 2.45) is 0 Å². The molecule has 0 aliphatic carbocycles. The molecule has 1 atom stereocenters. The molecule has 1 aliphatic heterocycles. The van der Waals surface area contributed by atoms with Crippen LogP contribution in [0.5, 0.6) is 0 Å². The largest absolute Gasteiger partial charge is 0.382 e. The number of anilines is 1. The highest BCUT2D eigenvalue weighted by Crippen LogP contribution is 2.24. The molecule has 1 aromatic heterocycles. The van der Waals surface area contributed by atoms with Crippen LogP contribution in [0.25, 0.3) is 0 Å². The summed E-state index contributed by atoms with van der Waals surface area (Å²) in [6.45, 7) is 9.56. The first-order valence-corrected chi connectivity index (χ1v) is 8.00. The second-order valence-corrected chi connectivity index (χ2v) is 6.84. The topological polar surface area (TPSA) is 63.7 Å². The molecule has 6 nitrogen and oxygen atoms in total. The molecule has 1 aromatic rings. The van der Waals surface area contributed by atoms with E-state index in [4.69, 9.17) is 9.47 Å². The van der Waals surface area contributed by atoms with Gasteiger partial charge in [-0.25, -0.2) is 4.98 Å². The Bertz CT molecular complexity index is 546. The monoisotopic (exact) mass is 321 g/mol. The highest BCUT2D eigenvalue weighted by atomic mass is 16.5. The molecule has 23 heavy (non-hydrogen) atoms. The maximum atomic E-state index is 13.0. The first kappa shape index (κ1) is 17.7. The summed E-state index contributed by atoms with van der Waals surface area (Å²) in [5, 5.41) is 3.24. The summed E-state index contributed by atoms with van der Waals surface area (Å²) in [6.07, 6.45) is 1.57. The van der Waals surface area contributed by atoms with E-state index in [0.29, 0.717) is 31.1 Å². The van der Waals surface area contributed by atoms with E-state index in [-0.39, 0.29) is 18.1 Å². The lowest BCUT2D eigenvalue weighted by atomic mass is 10.0. The van der Waals surface area contributed by atoms with Crippen molar-refractivity contribution in [2.75, 3.05) is 32.1 Å². The molecule has 1 N–H and O–H groups in total. The van der Waals surface area contributed by atoms with Gasteiger partial charge in [-0.1, -0.05) is 0 Å². The van der Waals surface area contributed by atoms with Crippen LogP contribution in [0.1, 0.15) is 38.1 Å². The molecule has 0 radical (unpaired) electrons. The van der Waals surface area contributed by atoms with Crippen molar-refractivity contribution in [3.63, 3.8) is 0 Å². The first-order chi connectivity index (χ1) is 10.8. The molecule has 128 valence electrons. The number of carbonyl (C=O) groups excluding carboxylic acids is 1. The first-order valence-electron chi connectivity index (χ1n) is 8.00. The Morgan fingerprint density at radius 2 is 2.30 bits per heavy atom. The third-order valence-corrected chi connectivity index (χ3v) is 3.58. The summed E-state index contributed by atoms with van der Waals surface area (Å²) in [5.74, 6) is 0.596. The van der Waals surface area contributed by atoms with E-state index in [1.165, 1.54) is 0 Å². The number of pyridine rings is 1. The minimum absolute atomic E-state index is 0.0290. The molecule has 0 bridgehead atoms. The SMILES string of the molecule is COC[C@H]1CN(C(=O)c2cccnc2NC(C)C)CC(C)(C)O1. The molecule has 1 fully saturated rings. The van der Waals surface area contributed by atoms with Gasteiger partial charge in [-0.3, -0.25) is 4.79 Å². The van der Waals surface area contributed by atoms with E-state index >= 15 is 0 Å². The van der Waals surface area contributed by atoms with Gasteiger partial charge >= 0.3 is 0 Å². The van der Waals surface area contributed by atoms with Crippen LogP contribution in [0, 0.1) is 0 Å². The van der Waals surface area contributed by atoms with E-state index in [1.807, 2.05) is 38.7 Å². The molecule has 6 heteroatoms. The van der Waals surface area contributed by atoms with Crippen LogP contribution in [0.2, 0.25) is 0 Å². The molecule has 1 saturated heterocycles. The summed E-state index contributed by atoms with van der Waals surface area (Å²) in [6, 6.07) is 3.81. The predicted octanol–water partition coefficient (Wildman–Crippen LogP) is 2.17. The number of hydrogen-bond acceptors (Lipinski definition) is 5. The Labute approximate surface area is 138 Å². The summed E-state index contributed by atoms with van der Waals surface area (Å²) in [4.78, 5) is 19.1. The number of ether oxygens (including phenoxy) is 2. The fourth-order valence-corrected chi connectivity index (χ4v) is 2.86. The predicted molar refractivity (Wildman–Crippen MR) is 89.7 cm³/mol. The van der Waals surface area contributed by atoms with Gasteiger partial charge in [0.15, 0.2) is 0 Å². The van der Waals surface area contributed by atoms with Gasteiger partial charge in [0.05, 0.1) is 23.9 Å². The average Bonchev–Trinajstić information content (AvgIpc) is 2.45. The van der Waals surface area contributed by atoms with Crippen molar-refractivity contribution >= 4 is 11.7 Å². The van der Waals surface area contributed by atoms with Gasteiger partial charge in [0.1, 0.15) is 5.82 Å². The lowest BCUT2D eigenvalue weighted by Crippen LogP contribution is -2.55. The van der Waals surface area contributed by atoms with E-state index < -0.39 is 5.60 Å². The van der Waals surface area contributed by atoms with Crippen LogP contribution in [0.3, 0.4) is 0 Å². The minimum Gasteiger partial charge on any atom is -0.382 e. The third-order valence-electron chi connectivity index (χ3n) is 3.58. The Balaban J connectivity index is 2.22. The summed E-state index contributed by atoms with van der Waals surface area (Å²) in [7, 11) is 1.64. The fourth-order valence-electron chi connectivity index (χ4n) is 2.86. The Kier molecular flexibility index (Phi) is 5.59. The molecule has 0 saturated carbocycles. The molecule has 1 aliphatic rings. The number of morpholine rings is 1. The van der Waals surface area contributed by atoms with Crippen molar-refractivity contribution in [2.45, 2.75) is 45.4 Å². The van der Waals surface area contributed by atoms with Crippen LogP contribution in [0.15, 0.2) is 18.3 Å². The smallest absolute Gasteiger partial charge is 0.257 e. The number of nitrogens with one attached hydrogen (secondary N) is 1. The van der Waals surface area contributed by atoms with Crippen molar-refractivity contribution in [3.05, 3.63) is 23.9 Å². The second-order valence-electron chi connectivity index (χ2n) is 6.84. The van der Waals surface area contributed by atoms with Crippen LogP contribution in [0.4, 0.5) is 5.82 Å². The zero-order valence-corrected chi connectivity index (χ0v) is 14.6. The molecular weight excluding hydrogens is 294 g/mol. The lowest BCUT2D eigenvalue weighted by Gasteiger charge is -2.42. The highest BCUT2D eigenvalue weighted by Gasteiger charge is 2.36. The number of rotatable bonds is 5. The number of methoxy groups -OCH3 is 1. The summed E-state index contributed by atoms with van der Waals surface area (Å²) >= 11 is 0. The molecule has 0 spiro atoms. The maximum absolute atomic E-state index is 13.0. The van der Waals surface area contributed by atoms with Crippen molar-refractivity contribution < 1.29 is 14.3 Å². The van der Waals surface area contributed by atoms with Crippen molar-refractivity contribution in [3.8, 4) is 0 Å². The number of aromatic nitrogens is 1.